The van der Waals surface area contributed by atoms with Gasteiger partial charge in [-0.05, 0) is 49.9 Å². The summed E-state index contributed by atoms with van der Waals surface area (Å²) in [5, 5.41) is 12.1. The predicted octanol–water partition coefficient (Wildman–Crippen LogP) is 3.10. The van der Waals surface area contributed by atoms with E-state index >= 15 is 0 Å². The van der Waals surface area contributed by atoms with Crippen molar-refractivity contribution >= 4 is 12.0 Å². The summed E-state index contributed by atoms with van der Waals surface area (Å²) in [4.78, 5) is 25.2. The van der Waals surface area contributed by atoms with Gasteiger partial charge < -0.3 is 15.3 Å². The number of carbonyl (C=O) groups is 2. The van der Waals surface area contributed by atoms with Crippen molar-refractivity contribution < 1.29 is 14.7 Å². The fraction of sp³-hybridized carbons (Fsp3) is 0.882. The molecule has 2 N–H and O–H groups in total. The standard InChI is InChI=1S/C17H30N2O3/c1-17(2,3)13-8-10-19(11-9-13)16(22)18-14-6-4-12(5-7-14)15(20)21/h12-14H,4-11H2,1-3H3,(H,18,22)(H,20,21). The van der Waals surface area contributed by atoms with Crippen LogP contribution in [0.1, 0.15) is 59.3 Å². The van der Waals surface area contributed by atoms with Gasteiger partial charge >= 0.3 is 12.0 Å². The Bertz CT molecular complexity index is 401. The molecule has 1 heterocycles. The second-order valence-corrected chi connectivity index (χ2v) is 7.96. The first kappa shape index (κ1) is 17.1. The van der Waals surface area contributed by atoms with E-state index in [1.54, 1.807) is 0 Å². The van der Waals surface area contributed by atoms with E-state index in [2.05, 4.69) is 26.1 Å². The van der Waals surface area contributed by atoms with Crippen molar-refractivity contribution in [1.29, 1.82) is 0 Å². The van der Waals surface area contributed by atoms with Crippen LogP contribution in [0.15, 0.2) is 0 Å². The molecular weight excluding hydrogens is 280 g/mol. The Balaban J connectivity index is 1.74. The fourth-order valence-electron chi connectivity index (χ4n) is 3.70. The molecule has 0 aromatic heterocycles. The highest BCUT2D eigenvalue weighted by Gasteiger charge is 2.32. The van der Waals surface area contributed by atoms with Gasteiger partial charge in [0.05, 0.1) is 5.92 Å². The van der Waals surface area contributed by atoms with E-state index in [1.165, 1.54) is 0 Å². The Hall–Kier alpha value is -1.26. The summed E-state index contributed by atoms with van der Waals surface area (Å²) in [6.07, 6.45) is 5.05. The van der Waals surface area contributed by atoms with E-state index in [0.29, 0.717) is 24.2 Å². The number of amides is 2. The molecule has 0 radical (unpaired) electrons. The van der Waals surface area contributed by atoms with E-state index in [9.17, 15) is 9.59 Å². The quantitative estimate of drug-likeness (QED) is 0.823. The number of rotatable bonds is 2. The van der Waals surface area contributed by atoms with Crippen LogP contribution in [0.2, 0.25) is 0 Å². The second-order valence-electron chi connectivity index (χ2n) is 7.96. The van der Waals surface area contributed by atoms with Gasteiger partial charge in [0.25, 0.3) is 0 Å². The molecule has 0 spiro atoms. The lowest BCUT2D eigenvalue weighted by Gasteiger charge is -2.39. The first-order valence-electron chi connectivity index (χ1n) is 8.55. The second kappa shape index (κ2) is 6.88. The summed E-state index contributed by atoms with van der Waals surface area (Å²) in [5.41, 5.74) is 0.317. The lowest BCUT2D eigenvalue weighted by atomic mass is 9.75. The highest BCUT2D eigenvalue weighted by atomic mass is 16.4. The van der Waals surface area contributed by atoms with Crippen LogP contribution in [0.5, 0.6) is 0 Å². The number of nitrogens with zero attached hydrogens (tertiary/aromatic N) is 1. The molecule has 1 saturated carbocycles. The largest absolute Gasteiger partial charge is 0.481 e. The number of aliphatic carboxylic acids is 1. The normalized spacial score (nSPS) is 27.5. The number of hydrogen-bond acceptors (Lipinski definition) is 2. The highest BCUT2D eigenvalue weighted by Crippen LogP contribution is 2.34. The van der Waals surface area contributed by atoms with Crippen molar-refractivity contribution in [2.24, 2.45) is 17.3 Å². The number of carbonyl (C=O) groups excluding carboxylic acids is 1. The van der Waals surface area contributed by atoms with Crippen LogP contribution in [-0.2, 0) is 4.79 Å². The van der Waals surface area contributed by atoms with E-state index in [-0.39, 0.29) is 18.0 Å². The van der Waals surface area contributed by atoms with E-state index in [4.69, 9.17) is 5.11 Å². The van der Waals surface area contributed by atoms with E-state index in [1.807, 2.05) is 4.90 Å². The number of carboxylic acids is 1. The minimum atomic E-state index is -0.700. The molecule has 5 nitrogen and oxygen atoms in total. The van der Waals surface area contributed by atoms with Gasteiger partial charge in [-0.25, -0.2) is 4.79 Å². The van der Waals surface area contributed by atoms with Crippen molar-refractivity contribution in [2.75, 3.05) is 13.1 Å². The molecule has 2 aliphatic rings. The monoisotopic (exact) mass is 310 g/mol. The maximum atomic E-state index is 12.3. The van der Waals surface area contributed by atoms with Crippen LogP contribution >= 0.6 is 0 Å². The summed E-state index contributed by atoms with van der Waals surface area (Å²) in [7, 11) is 0. The van der Waals surface area contributed by atoms with Crippen LogP contribution in [0.4, 0.5) is 4.79 Å². The van der Waals surface area contributed by atoms with Gasteiger partial charge in [0, 0.05) is 19.1 Å². The van der Waals surface area contributed by atoms with Crippen molar-refractivity contribution in [3.05, 3.63) is 0 Å². The molecule has 2 rings (SSSR count). The zero-order valence-corrected chi connectivity index (χ0v) is 14.1. The number of nitrogens with one attached hydrogen (secondary N) is 1. The molecule has 1 aliphatic heterocycles. The third kappa shape index (κ3) is 4.37. The molecule has 1 aliphatic carbocycles. The number of carboxylic acid groups (broad SMARTS) is 1. The van der Waals surface area contributed by atoms with Crippen LogP contribution in [0, 0.1) is 17.3 Å². The Morgan fingerprint density at radius 1 is 1.00 bits per heavy atom. The van der Waals surface area contributed by atoms with Crippen LogP contribution in [0.3, 0.4) is 0 Å². The number of likely N-dealkylation sites (tertiary alicyclic amines) is 1. The smallest absolute Gasteiger partial charge is 0.317 e. The third-order valence-corrected chi connectivity index (χ3v) is 5.41. The Labute approximate surface area is 133 Å². The first-order chi connectivity index (χ1) is 10.3. The molecule has 1 saturated heterocycles. The summed E-state index contributed by atoms with van der Waals surface area (Å²) in [6.45, 7) is 8.48. The third-order valence-electron chi connectivity index (χ3n) is 5.41. The van der Waals surface area contributed by atoms with E-state index < -0.39 is 5.97 Å². The van der Waals surface area contributed by atoms with Gasteiger partial charge in [-0.1, -0.05) is 20.8 Å². The molecule has 0 aromatic carbocycles. The lowest BCUT2D eigenvalue weighted by molar-refractivity contribution is -0.142. The SMILES string of the molecule is CC(C)(C)C1CCN(C(=O)NC2CCC(C(=O)O)CC2)CC1. The topological polar surface area (TPSA) is 69.6 Å². The van der Waals surface area contributed by atoms with Crippen LogP contribution in [0.25, 0.3) is 0 Å². The van der Waals surface area contributed by atoms with Crippen molar-refractivity contribution in [3.63, 3.8) is 0 Å². The highest BCUT2D eigenvalue weighted by molar-refractivity contribution is 5.74. The summed E-state index contributed by atoms with van der Waals surface area (Å²) in [5.74, 6) is -0.243. The van der Waals surface area contributed by atoms with Crippen molar-refractivity contribution in [1.82, 2.24) is 10.2 Å². The zero-order chi connectivity index (χ0) is 16.3. The van der Waals surface area contributed by atoms with Crippen LogP contribution < -0.4 is 5.32 Å². The Morgan fingerprint density at radius 3 is 2.00 bits per heavy atom. The molecule has 0 aromatic rings. The summed E-state index contributed by atoms with van der Waals surface area (Å²) < 4.78 is 0. The first-order valence-corrected chi connectivity index (χ1v) is 8.55. The van der Waals surface area contributed by atoms with Gasteiger partial charge in [-0.3, -0.25) is 4.79 Å². The fourth-order valence-corrected chi connectivity index (χ4v) is 3.70. The average molecular weight is 310 g/mol. The molecule has 0 atom stereocenters. The average Bonchev–Trinajstić information content (AvgIpc) is 2.47. The Morgan fingerprint density at radius 2 is 1.55 bits per heavy atom. The molecule has 2 fully saturated rings. The predicted molar refractivity (Wildman–Crippen MR) is 85.7 cm³/mol. The Kier molecular flexibility index (Phi) is 5.35. The molecule has 2 amide bonds. The molecule has 22 heavy (non-hydrogen) atoms. The maximum Gasteiger partial charge on any atom is 0.317 e. The lowest BCUT2D eigenvalue weighted by Crippen LogP contribution is -2.49. The zero-order valence-electron chi connectivity index (χ0n) is 14.1. The number of hydrogen-bond donors (Lipinski definition) is 2. The van der Waals surface area contributed by atoms with E-state index in [0.717, 1.165) is 38.8 Å². The number of urea groups is 1. The van der Waals surface area contributed by atoms with Gasteiger partial charge in [-0.2, -0.15) is 0 Å². The number of piperidine rings is 1. The van der Waals surface area contributed by atoms with Crippen molar-refractivity contribution in [2.45, 2.75) is 65.3 Å². The summed E-state index contributed by atoms with van der Waals surface area (Å²) in [6, 6.07) is 0.176. The minimum Gasteiger partial charge on any atom is -0.481 e. The van der Waals surface area contributed by atoms with Gasteiger partial charge in [0.2, 0.25) is 0 Å². The summed E-state index contributed by atoms with van der Waals surface area (Å²) >= 11 is 0. The molecule has 0 bridgehead atoms. The molecule has 126 valence electrons. The van der Waals surface area contributed by atoms with Gasteiger partial charge in [-0.15, -0.1) is 0 Å². The van der Waals surface area contributed by atoms with Crippen molar-refractivity contribution in [3.8, 4) is 0 Å². The maximum absolute atomic E-state index is 12.3. The van der Waals surface area contributed by atoms with Gasteiger partial charge in [0.15, 0.2) is 0 Å². The minimum absolute atomic E-state index is 0.0335. The molecule has 5 heteroatoms. The van der Waals surface area contributed by atoms with Gasteiger partial charge in [0.1, 0.15) is 0 Å². The van der Waals surface area contributed by atoms with Crippen LogP contribution in [-0.4, -0.2) is 41.1 Å². The molecular formula is C17H30N2O3. The molecule has 0 unspecified atom stereocenters.